The van der Waals surface area contributed by atoms with Gasteiger partial charge in [0.2, 0.25) is 0 Å². The third-order valence-corrected chi connectivity index (χ3v) is 2.24. The summed E-state index contributed by atoms with van der Waals surface area (Å²) in [6.07, 6.45) is 3.71. The molecule has 0 amide bonds. The van der Waals surface area contributed by atoms with Crippen molar-refractivity contribution in [1.82, 2.24) is 9.38 Å². The number of hydrogen-bond donors (Lipinski definition) is 2. The maximum Gasteiger partial charge on any atom is 0.138 e. The van der Waals surface area contributed by atoms with Crippen LogP contribution in [0.5, 0.6) is 0 Å². The van der Waals surface area contributed by atoms with Crippen molar-refractivity contribution in [2.75, 3.05) is 31.6 Å². The molecule has 5 heteroatoms. The number of nitrogens with zero attached hydrogens (tertiary/aromatic N) is 2. The first kappa shape index (κ1) is 10.9. The summed E-state index contributed by atoms with van der Waals surface area (Å²) < 4.78 is 7.29. The quantitative estimate of drug-likeness (QED) is 0.704. The van der Waals surface area contributed by atoms with Gasteiger partial charge in [-0.2, -0.15) is 0 Å². The SMILES string of the molecule is NCCOCCNc1cccc2nccn12. The van der Waals surface area contributed by atoms with Crippen LogP contribution in [-0.2, 0) is 4.74 Å². The lowest BCUT2D eigenvalue weighted by Gasteiger charge is -2.08. The van der Waals surface area contributed by atoms with Gasteiger partial charge in [-0.1, -0.05) is 6.07 Å². The Morgan fingerprint density at radius 1 is 1.38 bits per heavy atom. The number of imidazole rings is 1. The van der Waals surface area contributed by atoms with Crippen LogP contribution in [0.4, 0.5) is 5.82 Å². The number of nitrogens with two attached hydrogens (primary N) is 1. The molecule has 0 radical (unpaired) electrons. The third kappa shape index (κ3) is 2.50. The molecule has 0 atom stereocenters. The van der Waals surface area contributed by atoms with E-state index in [-0.39, 0.29) is 0 Å². The Labute approximate surface area is 94.2 Å². The lowest BCUT2D eigenvalue weighted by Crippen LogP contribution is -2.15. The number of nitrogens with one attached hydrogen (secondary N) is 1. The molecule has 0 aliphatic rings. The van der Waals surface area contributed by atoms with Crippen molar-refractivity contribution in [2.45, 2.75) is 0 Å². The highest BCUT2D eigenvalue weighted by molar-refractivity contribution is 5.49. The van der Waals surface area contributed by atoms with Gasteiger partial charge < -0.3 is 15.8 Å². The molecule has 0 aliphatic carbocycles. The monoisotopic (exact) mass is 220 g/mol. The molecule has 2 heterocycles. The molecule has 3 N–H and O–H groups in total. The van der Waals surface area contributed by atoms with Crippen LogP contribution in [0, 0.1) is 0 Å². The number of pyridine rings is 1. The van der Waals surface area contributed by atoms with Gasteiger partial charge in [0, 0.05) is 25.5 Å². The summed E-state index contributed by atoms with van der Waals surface area (Å²) in [4.78, 5) is 4.21. The Morgan fingerprint density at radius 3 is 3.19 bits per heavy atom. The molecule has 5 nitrogen and oxygen atoms in total. The number of aromatic nitrogens is 2. The summed E-state index contributed by atoms with van der Waals surface area (Å²) in [6, 6.07) is 5.96. The minimum Gasteiger partial charge on any atom is -0.378 e. The van der Waals surface area contributed by atoms with Crippen molar-refractivity contribution in [2.24, 2.45) is 5.73 Å². The molecular weight excluding hydrogens is 204 g/mol. The average Bonchev–Trinajstić information content (AvgIpc) is 2.77. The second kappa shape index (κ2) is 5.48. The molecule has 0 saturated carbocycles. The van der Waals surface area contributed by atoms with Crippen molar-refractivity contribution in [3.8, 4) is 0 Å². The summed E-state index contributed by atoms with van der Waals surface area (Å²) >= 11 is 0. The second-order valence-electron chi connectivity index (χ2n) is 3.39. The van der Waals surface area contributed by atoms with E-state index in [2.05, 4.69) is 10.3 Å². The normalized spacial score (nSPS) is 10.8. The molecule has 2 rings (SSSR count). The van der Waals surface area contributed by atoms with E-state index < -0.39 is 0 Å². The molecule has 2 aromatic rings. The van der Waals surface area contributed by atoms with Crippen molar-refractivity contribution in [1.29, 1.82) is 0 Å². The standard InChI is InChI=1S/C11H16N4O/c12-4-8-16-9-6-14-11-3-1-2-10-13-5-7-15(10)11/h1-3,5,7,14H,4,6,8-9,12H2. The molecule has 0 aliphatic heterocycles. The first-order chi connectivity index (χ1) is 7.92. The van der Waals surface area contributed by atoms with Crippen LogP contribution in [-0.4, -0.2) is 35.7 Å². The highest BCUT2D eigenvalue weighted by atomic mass is 16.5. The summed E-state index contributed by atoms with van der Waals surface area (Å²) in [5, 5.41) is 3.29. The number of fused-ring (bicyclic) bond motifs is 1. The smallest absolute Gasteiger partial charge is 0.138 e. The summed E-state index contributed by atoms with van der Waals surface area (Å²) in [5.41, 5.74) is 6.26. The average molecular weight is 220 g/mol. The lowest BCUT2D eigenvalue weighted by molar-refractivity contribution is 0.151. The fourth-order valence-electron chi connectivity index (χ4n) is 1.53. The van der Waals surface area contributed by atoms with Crippen LogP contribution in [0.25, 0.3) is 5.65 Å². The maximum absolute atomic E-state index is 5.32. The van der Waals surface area contributed by atoms with Crippen LogP contribution < -0.4 is 11.1 Å². The van der Waals surface area contributed by atoms with Gasteiger partial charge >= 0.3 is 0 Å². The Hall–Kier alpha value is -1.59. The van der Waals surface area contributed by atoms with Crippen molar-refractivity contribution >= 4 is 11.5 Å². The van der Waals surface area contributed by atoms with E-state index in [9.17, 15) is 0 Å². The number of hydrogen-bond acceptors (Lipinski definition) is 4. The van der Waals surface area contributed by atoms with Crippen LogP contribution in [0.2, 0.25) is 0 Å². The zero-order valence-electron chi connectivity index (χ0n) is 9.10. The molecule has 0 fully saturated rings. The molecule has 2 aromatic heterocycles. The Kier molecular flexibility index (Phi) is 3.74. The minimum atomic E-state index is 0.567. The molecular formula is C11H16N4O. The van der Waals surface area contributed by atoms with Crippen LogP contribution in [0.15, 0.2) is 30.6 Å². The van der Waals surface area contributed by atoms with Gasteiger partial charge in [0.15, 0.2) is 0 Å². The molecule has 0 spiro atoms. The molecule has 0 unspecified atom stereocenters. The molecule has 0 bridgehead atoms. The Bertz CT molecular complexity index is 440. The summed E-state index contributed by atoms with van der Waals surface area (Å²) in [6.45, 7) is 2.59. The van der Waals surface area contributed by atoms with Gasteiger partial charge in [-0.3, -0.25) is 4.40 Å². The fourth-order valence-corrected chi connectivity index (χ4v) is 1.53. The number of anilines is 1. The lowest BCUT2D eigenvalue weighted by atomic mass is 10.4. The second-order valence-corrected chi connectivity index (χ2v) is 3.39. The number of ether oxygens (including phenoxy) is 1. The zero-order valence-corrected chi connectivity index (χ0v) is 9.10. The third-order valence-electron chi connectivity index (χ3n) is 2.24. The Balaban J connectivity index is 1.91. The predicted molar refractivity (Wildman–Crippen MR) is 63.6 cm³/mol. The van der Waals surface area contributed by atoms with Crippen LogP contribution >= 0.6 is 0 Å². The van der Waals surface area contributed by atoms with E-state index in [0.29, 0.717) is 19.8 Å². The van der Waals surface area contributed by atoms with E-state index >= 15 is 0 Å². The van der Waals surface area contributed by atoms with Gasteiger partial charge in [-0.25, -0.2) is 4.98 Å². The molecule has 16 heavy (non-hydrogen) atoms. The largest absolute Gasteiger partial charge is 0.378 e. The van der Waals surface area contributed by atoms with Crippen LogP contribution in [0.1, 0.15) is 0 Å². The van der Waals surface area contributed by atoms with E-state index in [1.807, 2.05) is 28.8 Å². The van der Waals surface area contributed by atoms with E-state index in [1.54, 1.807) is 6.20 Å². The minimum absolute atomic E-state index is 0.567. The molecule has 86 valence electrons. The molecule has 0 saturated heterocycles. The predicted octanol–water partition coefficient (Wildman–Crippen LogP) is 0.721. The zero-order chi connectivity index (χ0) is 11.2. The van der Waals surface area contributed by atoms with Crippen LogP contribution in [0.3, 0.4) is 0 Å². The number of rotatable bonds is 6. The van der Waals surface area contributed by atoms with Crippen molar-refractivity contribution < 1.29 is 4.74 Å². The van der Waals surface area contributed by atoms with Gasteiger partial charge in [-0.05, 0) is 12.1 Å². The van der Waals surface area contributed by atoms with Crippen molar-refractivity contribution in [3.63, 3.8) is 0 Å². The topological polar surface area (TPSA) is 64.6 Å². The molecule has 0 aromatic carbocycles. The highest BCUT2D eigenvalue weighted by Crippen LogP contribution is 2.10. The Morgan fingerprint density at radius 2 is 2.31 bits per heavy atom. The highest BCUT2D eigenvalue weighted by Gasteiger charge is 1.98. The van der Waals surface area contributed by atoms with Gasteiger partial charge in [0.05, 0.1) is 13.2 Å². The van der Waals surface area contributed by atoms with Crippen molar-refractivity contribution in [3.05, 3.63) is 30.6 Å². The first-order valence-corrected chi connectivity index (χ1v) is 5.35. The maximum atomic E-state index is 5.32. The van der Waals surface area contributed by atoms with E-state index in [4.69, 9.17) is 10.5 Å². The van der Waals surface area contributed by atoms with Gasteiger partial charge in [0.25, 0.3) is 0 Å². The van der Waals surface area contributed by atoms with E-state index in [1.165, 1.54) is 0 Å². The van der Waals surface area contributed by atoms with Gasteiger partial charge in [0.1, 0.15) is 11.5 Å². The summed E-state index contributed by atoms with van der Waals surface area (Å²) in [5.74, 6) is 1.02. The van der Waals surface area contributed by atoms with E-state index in [0.717, 1.165) is 18.0 Å². The first-order valence-electron chi connectivity index (χ1n) is 5.35. The summed E-state index contributed by atoms with van der Waals surface area (Å²) in [7, 11) is 0. The van der Waals surface area contributed by atoms with Gasteiger partial charge in [-0.15, -0.1) is 0 Å². The fraction of sp³-hybridized carbons (Fsp3) is 0.364.